The van der Waals surface area contributed by atoms with Crippen molar-refractivity contribution in [3.8, 4) is 0 Å². The van der Waals surface area contributed by atoms with E-state index >= 15 is 0 Å². The molecule has 0 spiro atoms. The summed E-state index contributed by atoms with van der Waals surface area (Å²) in [5.41, 5.74) is 4.35. The van der Waals surface area contributed by atoms with Crippen LogP contribution in [0.25, 0.3) is 0 Å². The van der Waals surface area contributed by atoms with Crippen LogP contribution >= 0.6 is 0 Å². The van der Waals surface area contributed by atoms with Crippen molar-refractivity contribution >= 4 is 23.9 Å². The van der Waals surface area contributed by atoms with Crippen LogP contribution in [-0.4, -0.2) is 23.9 Å². The second kappa shape index (κ2) is 14.2. The van der Waals surface area contributed by atoms with Gasteiger partial charge in [0.25, 0.3) is 0 Å². The number of halogens is 2. The average Bonchev–Trinajstić information content (AvgIpc) is 1.90. The molecule has 3 radical (unpaired) electrons. The van der Waals surface area contributed by atoms with E-state index in [1.807, 2.05) is 12.2 Å². The van der Waals surface area contributed by atoms with Crippen LogP contribution in [0.1, 0.15) is 20.8 Å². The van der Waals surface area contributed by atoms with Gasteiger partial charge in [0, 0.05) is 6.42 Å². The van der Waals surface area contributed by atoms with Crippen LogP contribution in [0.5, 0.6) is 0 Å². The first-order valence-electron chi connectivity index (χ1n) is 2.88. The van der Waals surface area contributed by atoms with Crippen molar-refractivity contribution in [2.45, 2.75) is 20.8 Å². The van der Waals surface area contributed by atoms with E-state index in [-0.39, 0.29) is 56.1 Å². The van der Waals surface area contributed by atoms with Crippen LogP contribution in [0, 0.1) is 6.42 Å². The fraction of sp³-hybridized carbons (Fsp3) is 0.333. The summed E-state index contributed by atoms with van der Waals surface area (Å²) in [4.78, 5) is 0. The predicted molar refractivity (Wildman–Crippen MR) is 47.8 cm³/mol. The Labute approximate surface area is 105 Å². The van der Waals surface area contributed by atoms with Crippen molar-refractivity contribution in [1.29, 1.82) is 0 Å². The summed E-state index contributed by atoms with van der Waals surface area (Å²) >= 11 is 0. The van der Waals surface area contributed by atoms with E-state index < -0.39 is 0 Å². The molecular weight excluding hydrogens is 298 g/mol. The van der Waals surface area contributed by atoms with Gasteiger partial charge in [0.2, 0.25) is 0 Å². The SMILES string of the molecule is C.CCC1=CC=C=C[CH]1.[Cl-].[Cl-].[Sn+2]. The van der Waals surface area contributed by atoms with Crippen molar-refractivity contribution in [3.63, 3.8) is 0 Å². The van der Waals surface area contributed by atoms with Gasteiger partial charge in [0.1, 0.15) is 0 Å². The van der Waals surface area contributed by atoms with Crippen molar-refractivity contribution < 1.29 is 24.8 Å². The molecule has 0 aliphatic heterocycles. The Balaban J connectivity index is -0.0000000800. The third-order valence-electron chi connectivity index (χ3n) is 1.20. The van der Waals surface area contributed by atoms with Crippen LogP contribution in [0.2, 0.25) is 0 Å². The van der Waals surface area contributed by atoms with Gasteiger partial charge in [-0.2, -0.15) is 0 Å². The molecule has 0 aromatic carbocycles. The largest absolute Gasteiger partial charge is 2.00 e. The Morgan fingerprint density at radius 3 is 2.08 bits per heavy atom. The molecule has 1 aliphatic rings. The molecule has 1 rings (SSSR count). The summed E-state index contributed by atoms with van der Waals surface area (Å²) in [5.74, 6) is 0. The summed E-state index contributed by atoms with van der Waals surface area (Å²) in [7, 11) is 0. The average molecular weight is 311 g/mol. The summed E-state index contributed by atoms with van der Waals surface area (Å²) in [5, 5.41) is 0. The molecule has 12 heavy (non-hydrogen) atoms. The van der Waals surface area contributed by atoms with Crippen LogP contribution in [-0.2, 0) is 0 Å². The molecular formula is C9H13Cl2Sn. The molecule has 0 fully saturated rings. The Morgan fingerprint density at radius 1 is 1.25 bits per heavy atom. The molecule has 0 amide bonds. The van der Waals surface area contributed by atoms with Gasteiger partial charge in [-0.05, 0) is 18.6 Å². The molecule has 1 aliphatic carbocycles. The summed E-state index contributed by atoms with van der Waals surface area (Å²) in [6.07, 6.45) is 9.17. The van der Waals surface area contributed by atoms with Gasteiger partial charge in [-0.25, -0.2) is 0 Å². The van der Waals surface area contributed by atoms with E-state index in [2.05, 4.69) is 25.2 Å². The summed E-state index contributed by atoms with van der Waals surface area (Å²) in [6, 6.07) is 0. The normalized spacial score (nSPS) is 10.9. The molecule has 0 aromatic heterocycles. The van der Waals surface area contributed by atoms with E-state index in [1.165, 1.54) is 5.57 Å². The van der Waals surface area contributed by atoms with Crippen LogP contribution in [0.4, 0.5) is 0 Å². The molecule has 0 unspecified atom stereocenters. The van der Waals surface area contributed by atoms with E-state index in [9.17, 15) is 0 Å². The van der Waals surface area contributed by atoms with E-state index in [4.69, 9.17) is 0 Å². The fourth-order valence-electron chi connectivity index (χ4n) is 0.657. The number of allylic oxidation sites excluding steroid dienone is 3. The van der Waals surface area contributed by atoms with Crippen LogP contribution in [0.15, 0.2) is 29.5 Å². The van der Waals surface area contributed by atoms with E-state index in [0.29, 0.717) is 0 Å². The maximum atomic E-state index is 2.97. The van der Waals surface area contributed by atoms with Gasteiger partial charge < -0.3 is 24.8 Å². The van der Waals surface area contributed by atoms with Crippen LogP contribution in [0.3, 0.4) is 0 Å². The van der Waals surface area contributed by atoms with Crippen molar-refractivity contribution in [1.82, 2.24) is 0 Å². The fourth-order valence-corrected chi connectivity index (χ4v) is 0.657. The number of hydrogen-bond acceptors (Lipinski definition) is 0. The molecule has 67 valence electrons. The molecule has 0 heterocycles. The zero-order chi connectivity index (χ0) is 5.82. The third kappa shape index (κ3) is 8.73. The molecule has 0 N–H and O–H groups in total. The van der Waals surface area contributed by atoms with Gasteiger partial charge in [-0.1, -0.05) is 26.0 Å². The van der Waals surface area contributed by atoms with Crippen LogP contribution < -0.4 is 24.8 Å². The minimum absolute atomic E-state index is 0. The Bertz CT molecular complexity index is 167. The predicted octanol–water partition coefficient (Wildman–Crippen LogP) is -3.48. The van der Waals surface area contributed by atoms with Gasteiger partial charge in [0.05, 0.1) is 0 Å². The van der Waals surface area contributed by atoms with Gasteiger partial charge >= 0.3 is 23.9 Å². The van der Waals surface area contributed by atoms with Crippen molar-refractivity contribution in [2.75, 3.05) is 0 Å². The van der Waals surface area contributed by atoms with Crippen molar-refractivity contribution in [2.24, 2.45) is 0 Å². The molecule has 3 heteroatoms. The van der Waals surface area contributed by atoms with Gasteiger partial charge in [-0.3, -0.25) is 0 Å². The second-order valence-corrected chi connectivity index (χ2v) is 1.76. The minimum Gasteiger partial charge on any atom is -1.00 e. The monoisotopic (exact) mass is 311 g/mol. The Morgan fingerprint density at radius 2 is 1.83 bits per heavy atom. The standard InChI is InChI=1S/C8H9.CH4.2ClH.Sn/c1-2-8-6-4-3-5-7-8;;;;/h4-7H,2H2,1H3;1H4;2*1H;/q;;;;+2/p-2. The van der Waals surface area contributed by atoms with Gasteiger partial charge in [0.15, 0.2) is 0 Å². The van der Waals surface area contributed by atoms with Gasteiger partial charge in [-0.15, -0.1) is 5.73 Å². The van der Waals surface area contributed by atoms with E-state index in [1.54, 1.807) is 0 Å². The summed E-state index contributed by atoms with van der Waals surface area (Å²) in [6.45, 7) is 2.15. The topological polar surface area (TPSA) is 0 Å². The zero-order valence-electron chi connectivity index (χ0n) is 6.27. The Kier molecular flexibility index (Phi) is 27.1. The minimum atomic E-state index is 0. The summed E-state index contributed by atoms with van der Waals surface area (Å²) < 4.78 is 0. The molecule has 0 saturated carbocycles. The smallest absolute Gasteiger partial charge is 1.00 e. The zero-order valence-corrected chi connectivity index (χ0v) is 10.6. The second-order valence-electron chi connectivity index (χ2n) is 1.76. The number of hydrogen-bond donors (Lipinski definition) is 0. The molecule has 0 atom stereocenters. The maximum Gasteiger partial charge on any atom is 2.00 e. The molecule has 0 saturated heterocycles. The molecule has 0 bridgehead atoms. The first kappa shape index (κ1) is 22.9. The first-order valence-corrected chi connectivity index (χ1v) is 2.88. The maximum absolute atomic E-state index is 2.97. The first-order chi connectivity index (χ1) is 3.93. The van der Waals surface area contributed by atoms with Crippen molar-refractivity contribution in [3.05, 3.63) is 36.0 Å². The quantitative estimate of drug-likeness (QED) is 0.349. The Hall–Kier alpha value is 0.639. The van der Waals surface area contributed by atoms with E-state index in [0.717, 1.165) is 6.42 Å². The number of rotatable bonds is 1. The molecule has 0 nitrogen and oxygen atoms in total. The molecule has 0 aromatic rings. The third-order valence-corrected chi connectivity index (χ3v) is 1.20.